The Hall–Kier alpha value is -1.85. The summed E-state index contributed by atoms with van der Waals surface area (Å²) in [7, 11) is 4.08. The Morgan fingerprint density at radius 2 is 2.14 bits per heavy atom. The summed E-state index contributed by atoms with van der Waals surface area (Å²) in [6, 6.07) is 8.00. The molecule has 3 rings (SSSR count). The average Bonchev–Trinajstić information content (AvgIpc) is 3.18. The van der Waals surface area contributed by atoms with Crippen molar-refractivity contribution in [2.45, 2.75) is 57.5 Å². The smallest absolute Gasteiger partial charge is 0.227 e. The molecule has 0 aliphatic carbocycles. The topological polar surface area (TPSA) is 43.8 Å². The van der Waals surface area contributed by atoms with Gasteiger partial charge in [0.1, 0.15) is 5.75 Å². The van der Waals surface area contributed by atoms with Crippen LogP contribution in [0.2, 0.25) is 0 Å². The predicted molar refractivity (Wildman–Crippen MR) is 116 cm³/mol. The van der Waals surface area contributed by atoms with Crippen molar-refractivity contribution in [1.82, 2.24) is 9.80 Å². The van der Waals surface area contributed by atoms with Crippen molar-refractivity contribution in [3.05, 3.63) is 51.7 Å². The molecule has 4 nitrogen and oxygen atoms in total. The van der Waals surface area contributed by atoms with Crippen molar-refractivity contribution in [2.75, 3.05) is 20.6 Å². The Balaban J connectivity index is 2.01. The number of amides is 1. The Kier molecular flexibility index (Phi) is 6.15. The first-order chi connectivity index (χ1) is 13.3. The zero-order chi connectivity index (χ0) is 20.5. The number of carbonyl (C=O) groups is 1. The molecule has 1 fully saturated rings. The Labute approximate surface area is 172 Å². The van der Waals surface area contributed by atoms with E-state index in [0.717, 1.165) is 24.9 Å². The number of likely N-dealkylation sites (N-methyl/N-ethyl adjacent to an activating group) is 2. The van der Waals surface area contributed by atoms with Crippen LogP contribution in [0.5, 0.6) is 5.75 Å². The molecular formula is C23H32N2O2S. The molecule has 1 N–H and O–H groups in total. The van der Waals surface area contributed by atoms with Crippen LogP contribution >= 0.6 is 11.3 Å². The lowest BCUT2D eigenvalue weighted by Crippen LogP contribution is -2.63. The van der Waals surface area contributed by atoms with E-state index in [-0.39, 0.29) is 23.4 Å². The molecule has 28 heavy (non-hydrogen) atoms. The minimum atomic E-state index is -0.213. The van der Waals surface area contributed by atoms with E-state index < -0.39 is 0 Å². The number of likely N-dealkylation sites (tertiary alicyclic amines) is 1. The number of thiophene rings is 1. The lowest BCUT2D eigenvalue weighted by molar-refractivity contribution is -0.135. The molecule has 0 saturated carbocycles. The zero-order valence-electron chi connectivity index (χ0n) is 17.6. The zero-order valence-corrected chi connectivity index (χ0v) is 18.4. The number of aromatic hydroxyl groups is 1. The molecule has 2 aromatic rings. The van der Waals surface area contributed by atoms with Crippen LogP contribution in [-0.4, -0.2) is 53.5 Å². The second-order valence-corrected chi connectivity index (χ2v) is 9.12. The third kappa shape index (κ3) is 3.83. The number of phenolic OH excluding ortho intramolecular Hbond substituents is 1. The normalized spacial score (nSPS) is 25.6. The van der Waals surface area contributed by atoms with Gasteiger partial charge < -0.3 is 14.9 Å². The summed E-state index contributed by atoms with van der Waals surface area (Å²) in [5.74, 6) is 0.445. The summed E-state index contributed by atoms with van der Waals surface area (Å²) >= 11 is 1.63. The minimum absolute atomic E-state index is 0.0319. The third-order valence-electron chi connectivity index (χ3n) is 6.62. The van der Waals surface area contributed by atoms with Gasteiger partial charge in [0.2, 0.25) is 5.91 Å². The van der Waals surface area contributed by atoms with Crippen LogP contribution in [-0.2, 0) is 23.1 Å². The molecule has 3 atom stereocenters. The summed E-state index contributed by atoms with van der Waals surface area (Å²) in [5.41, 5.74) is 3.29. The van der Waals surface area contributed by atoms with Crippen molar-refractivity contribution in [3.63, 3.8) is 0 Å². The second-order valence-electron chi connectivity index (χ2n) is 8.34. The highest BCUT2D eigenvalue weighted by atomic mass is 32.1. The maximum absolute atomic E-state index is 13.2. The number of nitrogens with zero attached hydrogens (tertiary/aromatic N) is 2. The number of aryl methyl sites for hydroxylation is 1. The number of phenols is 1. The van der Waals surface area contributed by atoms with Gasteiger partial charge in [-0.15, -0.1) is 0 Å². The third-order valence-corrected chi connectivity index (χ3v) is 7.36. The van der Waals surface area contributed by atoms with Crippen molar-refractivity contribution in [3.8, 4) is 5.75 Å². The van der Waals surface area contributed by atoms with Gasteiger partial charge >= 0.3 is 0 Å². The number of benzene rings is 1. The van der Waals surface area contributed by atoms with Crippen LogP contribution in [0.15, 0.2) is 35.0 Å². The van der Waals surface area contributed by atoms with Crippen molar-refractivity contribution < 1.29 is 9.90 Å². The monoisotopic (exact) mass is 400 g/mol. The molecule has 1 amide bonds. The van der Waals surface area contributed by atoms with Gasteiger partial charge in [0.15, 0.2) is 0 Å². The van der Waals surface area contributed by atoms with Gasteiger partial charge in [-0.2, -0.15) is 11.3 Å². The number of hydrogen-bond acceptors (Lipinski definition) is 4. The first kappa shape index (κ1) is 20.9. The minimum Gasteiger partial charge on any atom is -0.508 e. The number of rotatable bonds is 5. The fourth-order valence-corrected chi connectivity index (χ4v) is 5.50. The molecule has 2 heterocycles. The van der Waals surface area contributed by atoms with Crippen LogP contribution in [0.3, 0.4) is 0 Å². The molecule has 1 unspecified atom stereocenters. The van der Waals surface area contributed by atoms with Crippen LogP contribution in [0, 0.1) is 0 Å². The summed E-state index contributed by atoms with van der Waals surface area (Å²) in [6.45, 7) is 7.60. The fraction of sp³-hybridized carbons (Fsp3) is 0.522. The van der Waals surface area contributed by atoms with E-state index in [4.69, 9.17) is 0 Å². The van der Waals surface area contributed by atoms with E-state index >= 15 is 0 Å². The van der Waals surface area contributed by atoms with Crippen LogP contribution in [0.1, 0.15) is 43.9 Å². The standard InChI is InChI=1S/C23H32N2O2S/c1-6-18-7-8-19(26)14-20(18)23(3)10-11-24(4)16(2)22(23)25(5)21(27)13-17-9-12-28-15-17/h7-9,12,14-16,22,26H,6,10-11,13H2,1-5H3/t16-,22+,23?/m1/s1. The van der Waals surface area contributed by atoms with Crippen molar-refractivity contribution in [2.24, 2.45) is 0 Å². The molecule has 0 spiro atoms. The molecule has 0 radical (unpaired) electrons. The van der Waals surface area contributed by atoms with Gasteiger partial charge in [-0.05, 0) is 79.0 Å². The summed E-state index contributed by atoms with van der Waals surface area (Å²) in [5, 5.41) is 14.3. The highest BCUT2D eigenvalue weighted by Gasteiger charge is 2.48. The Morgan fingerprint density at radius 3 is 2.79 bits per heavy atom. The molecule has 1 saturated heterocycles. The predicted octanol–water partition coefficient (Wildman–Crippen LogP) is 4.07. The van der Waals surface area contributed by atoms with E-state index in [9.17, 15) is 9.90 Å². The quantitative estimate of drug-likeness (QED) is 0.823. The maximum atomic E-state index is 13.2. The molecular weight excluding hydrogens is 368 g/mol. The highest BCUT2D eigenvalue weighted by molar-refractivity contribution is 7.08. The molecule has 1 aromatic heterocycles. The highest BCUT2D eigenvalue weighted by Crippen LogP contribution is 2.43. The first-order valence-electron chi connectivity index (χ1n) is 10.1. The van der Waals surface area contributed by atoms with Crippen molar-refractivity contribution in [1.29, 1.82) is 0 Å². The van der Waals surface area contributed by atoms with Crippen LogP contribution < -0.4 is 0 Å². The molecule has 1 aliphatic rings. The van der Waals surface area contributed by atoms with E-state index in [0.29, 0.717) is 12.2 Å². The van der Waals surface area contributed by atoms with Gasteiger partial charge in [-0.25, -0.2) is 0 Å². The number of carbonyl (C=O) groups excluding carboxylic acids is 1. The van der Waals surface area contributed by atoms with Gasteiger partial charge in [-0.1, -0.05) is 19.9 Å². The molecule has 0 bridgehead atoms. The Morgan fingerprint density at radius 1 is 1.39 bits per heavy atom. The van der Waals surface area contributed by atoms with Gasteiger partial charge in [0.25, 0.3) is 0 Å². The SMILES string of the molecule is CCc1ccc(O)cc1C1(C)CCN(C)[C@H](C)[C@@H]1N(C)C(=O)Cc1ccsc1. The first-order valence-corrected chi connectivity index (χ1v) is 11.0. The fourth-order valence-electron chi connectivity index (χ4n) is 4.83. The number of hydrogen-bond donors (Lipinski definition) is 1. The van der Waals surface area contributed by atoms with Gasteiger partial charge in [0.05, 0.1) is 12.5 Å². The Bertz CT molecular complexity index is 820. The van der Waals surface area contributed by atoms with E-state index in [1.807, 2.05) is 40.9 Å². The van der Waals surface area contributed by atoms with E-state index in [1.54, 1.807) is 17.4 Å². The molecule has 152 valence electrons. The molecule has 1 aromatic carbocycles. The second kappa shape index (κ2) is 8.26. The van der Waals surface area contributed by atoms with Crippen LogP contribution in [0.4, 0.5) is 0 Å². The van der Waals surface area contributed by atoms with Crippen LogP contribution in [0.25, 0.3) is 0 Å². The number of piperidine rings is 1. The lowest BCUT2D eigenvalue weighted by atomic mass is 9.66. The molecule has 1 aliphatic heterocycles. The van der Waals surface area contributed by atoms with E-state index in [1.165, 1.54) is 11.1 Å². The summed E-state index contributed by atoms with van der Waals surface area (Å²) in [4.78, 5) is 17.5. The van der Waals surface area contributed by atoms with Gasteiger partial charge in [0, 0.05) is 18.5 Å². The summed E-state index contributed by atoms with van der Waals surface area (Å²) < 4.78 is 0. The summed E-state index contributed by atoms with van der Waals surface area (Å²) in [6.07, 6.45) is 2.30. The van der Waals surface area contributed by atoms with Gasteiger partial charge in [-0.3, -0.25) is 4.79 Å². The average molecular weight is 401 g/mol. The van der Waals surface area contributed by atoms with E-state index in [2.05, 4.69) is 32.7 Å². The lowest BCUT2D eigenvalue weighted by Gasteiger charge is -2.53. The van der Waals surface area contributed by atoms with Crippen molar-refractivity contribution >= 4 is 17.2 Å². The molecule has 5 heteroatoms. The largest absolute Gasteiger partial charge is 0.508 e. The maximum Gasteiger partial charge on any atom is 0.227 e.